The van der Waals surface area contributed by atoms with Gasteiger partial charge in [-0.1, -0.05) is 104 Å². The summed E-state index contributed by atoms with van der Waals surface area (Å²) in [5, 5.41) is 16.1. The normalized spacial score (nSPS) is 10.2. The van der Waals surface area contributed by atoms with Crippen LogP contribution in [0.2, 0.25) is 0 Å². The monoisotopic (exact) mass is 388 g/mol. The average Bonchev–Trinajstić information content (AvgIpc) is 2.65. The Kier molecular flexibility index (Phi) is 25.9. The molecule has 0 saturated carbocycles. The number of hydrogen-bond donors (Lipinski definition) is 2. The molecule has 0 bridgehead atoms. The van der Waals surface area contributed by atoms with Crippen LogP contribution in [-0.2, 0) is 14.5 Å². The molecule has 0 aliphatic rings. The van der Waals surface area contributed by atoms with Gasteiger partial charge >= 0.3 is 11.9 Å². The van der Waals surface area contributed by atoms with Crippen molar-refractivity contribution in [1.82, 2.24) is 0 Å². The first-order valence-electron chi connectivity index (χ1n) is 11.1. The van der Waals surface area contributed by atoms with Crippen LogP contribution in [0.15, 0.2) is 0 Å². The van der Waals surface area contributed by atoms with Gasteiger partial charge in [-0.05, 0) is 12.8 Å². The fourth-order valence-corrected chi connectivity index (χ4v) is 2.90. The summed E-state index contributed by atoms with van der Waals surface area (Å²) in [5.41, 5.74) is 0. The van der Waals surface area contributed by atoms with E-state index in [0.29, 0.717) is 12.8 Å². The van der Waals surface area contributed by atoms with Crippen LogP contribution in [0.5, 0.6) is 0 Å². The zero-order valence-corrected chi connectivity index (χ0v) is 17.8. The van der Waals surface area contributed by atoms with Crippen molar-refractivity contribution < 1.29 is 24.8 Å². The van der Waals surface area contributed by atoms with Gasteiger partial charge < -0.3 is 9.99 Å². The second kappa shape index (κ2) is 24.9. The minimum Gasteiger partial charge on any atom is -0.481 e. The summed E-state index contributed by atoms with van der Waals surface area (Å²) in [5.74, 6) is -1.22. The summed E-state index contributed by atoms with van der Waals surface area (Å²) in [4.78, 5) is 23.6. The van der Waals surface area contributed by atoms with Gasteiger partial charge in [-0.3, -0.25) is 4.79 Å². The van der Waals surface area contributed by atoms with Crippen molar-refractivity contribution in [1.29, 1.82) is 0 Å². The quantitative estimate of drug-likeness (QED) is 0.148. The SMILES string of the molecule is CCCC(=O)OO.CCCCCCCCCCCCCCCCCC(=O)O. The van der Waals surface area contributed by atoms with Crippen molar-refractivity contribution in [2.45, 2.75) is 129 Å². The molecule has 0 saturated heterocycles. The predicted molar refractivity (Wildman–Crippen MR) is 111 cm³/mol. The fraction of sp³-hybridized carbons (Fsp3) is 0.909. The molecule has 0 aromatic carbocycles. The molecule has 0 aliphatic heterocycles. The van der Waals surface area contributed by atoms with Crippen LogP contribution in [0.1, 0.15) is 129 Å². The highest BCUT2D eigenvalue weighted by Crippen LogP contribution is 2.13. The van der Waals surface area contributed by atoms with Gasteiger partial charge in [0.05, 0.1) is 0 Å². The lowest BCUT2D eigenvalue weighted by molar-refractivity contribution is -0.234. The minimum atomic E-state index is -0.653. The summed E-state index contributed by atoms with van der Waals surface area (Å²) in [6.07, 6.45) is 21.2. The predicted octanol–water partition coefficient (Wildman–Crippen LogP) is 7.14. The smallest absolute Gasteiger partial charge is 0.342 e. The third-order valence-corrected chi connectivity index (χ3v) is 4.55. The van der Waals surface area contributed by atoms with Crippen molar-refractivity contribution in [3.63, 3.8) is 0 Å². The summed E-state index contributed by atoms with van der Waals surface area (Å²) >= 11 is 0. The van der Waals surface area contributed by atoms with Gasteiger partial charge in [-0.2, -0.15) is 5.26 Å². The van der Waals surface area contributed by atoms with Gasteiger partial charge in [0.15, 0.2) is 0 Å². The van der Waals surface area contributed by atoms with E-state index in [4.69, 9.17) is 10.4 Å². The van der Waals surface area contributed by atoms with E-state index < -0.39 is 11.9 Å². The highest BCUT2D eigenvalue weighted by Gasteiger charge is 1.97. The van der Waals surface area contributed by atoms with E-state index in [-0.39, 0.29) is 6.42 Å². The molecule has 0 fully saturated rings. The number of carbonyl (C=O) groups excluding carboxylic acids is 1. The summed E-state index contributed by atoms with van der Waals surface area (Å²) in [6.45, 7) is 4.10. The number of rotatable bonds is 18. The zero-order valence-electron chi connectivity index (χ0n) is 17.8. The molecule has 2 N–H and O–H groups in total. The van der Waals surface area contributed by atoms with Crippen molar-refractivity contribution in [2.75, 3.05) is 0 Å². The van der Waals surface area contributed by atoms with Crippen LogP contribution in [0.4, 0.5) is 0 Å². The van der Waals surface area contributed by atoms with E-state index in [1.807, 2.05) is 6.92 Å². The van der Waals surface area contributed by atoms with Crippen LogP contribution < -0.4 is 0 Å². The molecule has 0 rings (SSSR count). The van der Waals surface area contributed by atoms with E-state index in [0.717, 1.165) is 12.8 Å². The fourth-order valence-electron chi connectivity index (χ4n) is 2.90. The highest BCUT2D eigenvalue weighted by atomic mass is 17.1. The average molecular weight is 389 g/mol. The van der Waals surface area contributed by atoms with Gasteiger partial charge in [0.25, 0.3) is 0 Å². The first-order valence-corrected chi connectivity index (χ1v) is 11.1. The zero-order chi connectivity index (χ0) is 20.6. The number of hydrogen-bond acceptors (Lipinski definition) is 4. The molecule has 0 amide bonds. The largest absolute Gasteiger partial charge is 0.481 e. The Morgan fingerprint density at radius 1 is 0.593 bits per heavy atom. The molecule has 0 aromatic rings. The Bertz CT molecular complexity index is 318. The Morgan fingerprint density at radius 3 is 1.22 bits per heavy atom. The van der Waals surface area contributed by atoms with Gasteiger partial charge in [-0.25, -0.2) is 4.79 Å². The van der Waals surface area contributed by atoms with Gasteiger partial charge in [0, 0.05) is 12.8 Å². The molecule has 162 valence electrons. The van der Waals surface area contributed by atoms with Crippen molar-refractivity contribution in [3.8, 4) is 0 Å². The molecule has 5 heteroatoms. The molecule has 0 atom stereocenters. The second-order valence-electron chi connectivity index (χ2n) is 7.31. The van der Waals surface area contributed by atoms with Gasteiger partial charge in [0.1, 0.15) is 0 Å². The topological polar surface area (TPSA) is 83.8 Å². The van der Waals surface area contributed by atoms with E-state index >= 15 is 0 Å². The van der Waals surface area contributed by atoms with E-state index in [2.05, 4.69) is 11.8 Å². The maximum atomic E-state index is 10.3. The van der Waals surface area contributed by atoms with Crippen molar-refractivity contribution in [3.05, 3.63) is 0 Å². The second-order valence-corrected chi connectivity index (χ2v) is 7.31. The minimum absolute atomic E-state index is 0.288. The molecule has 0 radical (unpaired) electrons. The molecular formula is C22H44O5. The lowest BCUT2D eigenvalue weighted by atomic mass is 10.0. The molecular weight excluding hydrogens is 344 g/mol. The van der Waals surface area contributed by atoms with Crippen LogP contribution in [0.3, 0.4) is 0 Å². The molecule has 27 heavy (non-hydrogen) atoms. The first kappa shape index (κ1) is 28.1. The van der Waals surface area contributed by atoms with E-state index in [9.17, 15) is 9.59 Å². The Hall–Kier alpha value is -1.10. The van der Waals surface area contributed by atoms with Gasteiger partial charge in [0.2, 0.25) is 0 Å². The Balaban J connectivity index is 0. The maximum absolute atomic E-state index is 10.3. The number of carbonyl (C=O) groups is 2. The van der Waals surface area contributed by atoms with Crippen molar-refractivity contribution >= 4 is 11.9 Å². The molecule has 0 heterocycles. The van der Waals surface area contributed by atoms with Crippen LogP contribution in [0, 0.1) is 0 Å². The Morgan fingerprint density at radius 2 is 0.963 bits per heavy atom. The molecule has 0 aliphatic carbocycles. The summed E-state index contributed by atoms with van der Waals surface area (Å²) < 4.78 is 0. The van der Waals surface area contributed by atoms with Crippen LogP contribution in [-0.4, -0.2) is 22.3 Å². The molecule has 0 unspecified atom stereocenters. The number of unbranched alkanes of at least 4 members (excludes halogenated alkanes) is 14. The van der Waals surface area contributed by atoms with E-state index in [1.54, 1.807) is 0 Å². The highest BCUT2D eigenvalue weighted by molar-refractivity contribution is 5.68. The third-order valence-electron chi connectivity index (χ3n) is 4.55. The third kappa shape index (κ3) is 29.9. The molecule has 0 aromatic heterocycles. The van der Waals surface area contributed by atoms with Crippen LogP contribution in [0.25, 0.3) is 0 Å². The molecule has 0 spiro atoms. The first-order chi connectivity index (χ1) is 13.1. The Labute approximate surface area is 166 Å². The number of carboxylic acids is 1. The van der Waals surface area contributed by atoms with E-state index in [1.165, 1.54) is 83.5 Å². The maximum Gasteiger partial charge on any atom is 0.342 e. The number of carboxylic acid groups (broad SMARTS) is 1. The summed E-state index contributed by atoms with van der Waals surface area (Å²) in [7, 11) is 0. The van der Waals surface area contributed by atoms with Crippen molar-refractivity contribution in [2.24, 2.45) is 0 Å². The summed E-state index contributed by atoms with van der Waals surface area (Å²) in [6, 6.07) is 0. The molecule has 5 nitrogen and oxygen atoms in total. The van der Waals surface area contributed by atoms with Gasteiger partial charge in [-0.15, -0.1) is 0 Å². The lowest BCUT2D eigenvalue weighted by Crippen LogP contribution is -1.97. The lowest BCUT2D eigenvalue weighted by Gasteiger charge is -2.03. The standard InChI is InChI=1S/C18H36O2.C4H8O3/c1-2-3-4-5-6-7-8-9-10-11-12-13-14-15-16-17-18(19)20;1-2-3-4(5)7-6/h2-17H2,1H3,(H,19,20);6H,2-3H2,1H3. The van der Waals surface area contributed by atoms with Crippen LogP contribution >= 0.6 is 0 Å². The number of aliphatic carboxylic acids is 1.